The average molecular weight is 560 g/mol. The highest BCUT2D eigenvalue weighted by Gasteiger charge is 2.64. The molecule has 2 fully saturated rings. The maximum absolute atomic E-state index is 13.2. The lowest BCUT2D eigenvalue weighted by Crippen LogP contribution is -2.50. The van der Waals surface area contributed by atoms with Crippen LogP contribution in [0.1, 0.15) is 59.2 Å². The summed E-state index contributed by atoms with van der Waals surface area (Å²) in [7, 11) is 0. The average Bonchev–Trinajstić information content (AvgIpc) is 3.26. The van der Waals surface area contributed by atoms with E-state index in [1.54, 1.807) is 40.6 Å². The molecule has 40 heavy (non-hydrogen) atoms. The molecule has 2 heterocycles. The van der Waals surface area contributed by atoms with E-state index in [-0.39, 0.29) is 47.7 Å². The summed E-state index contributed by atoms with van der Waals surface area (Å²) in [5.41, 5.74) is 7.55. The van der Waals surface area contributed by atoms with Gasteiger partial charge in [-0.2, -0.15) is 0 Å². The molecule has 4 atom stereocenters. The molecule has 5 rings (SSSR count). The van der Waals surface area contributed by atoms with Crippen molar-refractivity contribution in [1.29, 1.82) is 5.41 Å². The summed E-state index contributed by atoms with van der Waals surface area (Å²) >= 11 is 1.42. The first-order chi connectivity index (χ1) is 19.1. The van der Waals surface area contributed by atoms with Crippen LogP contribution < -0.4 is 21.1 Å². The number of amidine groups is 1. The van der Waals surface area contributed by atoms with Gasteiger partial charge in [-0.3, -0.25) is 19.8 Å². The predicted molar refractivity (Wildman–Crippen MR) is 153 cm³/mol. The van der Waals surface area contributed by atoms with Crippen LogP contribution in [0.15, 0.2) is 66.0 Å². The molecular weight excluding hydrogens is 526 g/mol. The SMILES string of the molecule is C[C@@H](Oc1ccc(C(=O)NCC(=O)N2[C@H]3C[C@@]3(C)C[C@H]2C(=O)NCc2cc(C(=N)N)cs2)cc1)c1ccccc1. The lowest BCUT2D eigenvalue weighted by molar-refractivity contribution is -0.139. The molecule has 1 aromatic heterocycles. The van der Waals surface area contributed by atoms with Crippen molar-refractivity contribution >= 4 is 34.9 Å². The Morgan fingerprint density at radius 1 is 1.10 bits per heavy atom. The highest BCUT2D eigenvalue weighted by atomic mass is 32.1. The molecule has 3 aromatic rings. The zero-order chi connectivity index (χ0) is 28.4. The molecule has 0 radical (unpaired) electrons. The molecule has 208 valence electrons. The zero-order valence-electron chi connectivity index (χ0n) is 22.5. The number of nitrogens with one attached hydrogen (secondary N) is 3. The Balaban J connectivity index is 1.14. The van der Waals surface area contributed by atoms with Gasteiger partial charge in [0, 0.05) is 27.4 Å². The minimum atomic E-state index is -0.580. The van der Waals surface area contributed by atoms with Gasteiger partial charge in [-0.25, -0.2) is 0 Å². The van der Waals surface area contributed by atoms with Crippen LogP contribution in [0.25, 0.3) is 0 Å². The minimum Gasteiger partial charge on any atom is -0.486 e. The molecule has 0 bridgehead atoms. The summed E-state index contributed by atoms with van der Waals surface area (Å²) in [4.78, 5) is 41.6. The van der Waals surface area contributed by atoms with Crippen LogP contribution in [0.3, 0.4) is 0 Å². The largest absolute Gasteiger partial charge is 0.486 e. The number of thiophene rings is 1. The van der Waals surface area contributed by atoms with Crippen molar-refractivity contribution in [3.8, 4) is 5.75 Å². The van der Waals surface area contributed by atoms with Gasteiger partial charge in [0.15, 0.2) is 0 Å². The summed E-state index contributed by atoms with van der Waals surface area (Å²) < 4.78 is 5.98. The summed E-state index contributed by atoms with van der Waals surface area (Å²) in [5.74, 6) is -0.229. The lowest BCUT2D eigenvalue weighted by Gasteiger charge is -2.27. The number of carbonyl (C=O) groups excluding carboxylic acids is 3. The smallest absolute Gasteiger partial charge is 0.251 e. The number of rotatable bonds is 10. The van der Waals surface area contributed by atoms with Crippen LogP contribution >= 0.6 is 11.3 Å². The van der Waals surface area contributed by atoms with Gasteiger partial charge in [0.1, 0.15) is 23.7 Å². The fourth-order valence-electron chi connectivity index (χ4n) is 5.30. The van der Waals surface area contributed by atoms with Crippen molar-refractivity contribution in [1.82, 2.24) is 15.5 Å². The number of hydrogen-bond donors (Lipinski definition) is 4. The maximum Gasteiger partial charge on any atom is 0.251 e. The predicted octanol–water partition coefficient (Wildman–Crippen LogP) is 3.60. The Bertz CT molecular complexity index is 1420. The molecule has 3 amide bonds. The maximum atomic E-state index is 13.2. The van der Waals surface area contributed by atoms with Crippen molar-refractivity contribution in [3.63, 3.8) is 0 Å². The quantitative estimate of drug-likeness (QED) is 0.222. The molecule has 0 spiro atoms. The van der Waals surface area contributed by atoms with E-state index in [9.17, 15) is 14.4 Å². The third-order valence-corrected chi connectivity index (χ3v) is 8.66. The van der Waals surface area contributed by atoms with Crippen LogP contribution in [0, 0.1) is 10.8 Å². The van der Waals surface area contributed by atoms with Gasteiger partial charge in [-0.05, 0) is 61.1 Å². The molecule has 1 aliphatic carbocycles. The second kappa shape index (κ2) is 11.1. The third-order valence-electron chi connectivity index (χ3n) is 7.73. The first kappa shape index (κ1) is 27.4. The minimum absolute atomic E-state index is 0.00161. The van der Waals surface area contributed by atoms with Gasteiger partial charge in [-0.15, -0.1) is 11.3 Å². The van der Waals surface area contributed by atoms with Gasteiger partial charge in [-0.1, -0.05) is 37.3 Å². The van der Waals surface area contributed by atoms with Crippen LogP contribution in [0.5, 0.6) is 5.75 Å². The van der Waals surface area contributed by atoms with Crippen molar-refractivity contribution in [3.05, 3.63) is 87.6 Å². The van der Waals surface area contributed by atoms with Crippen LogP contribution in [0.2, 0.25) is 0 Å². The molecular formula is C30H33N5O4S. The molecule has 1 aliphatic heterocycles. The van der Waals surface area contributed by atoms with E-state index < -0.39 is 6.04 Å². The molecule has 10 heteroatoms. The lowest BCUT2D eigenvalue weighted by atomic mass is 10.0. The number of piperidine rings is 1. The molecule has 1 saturated heterocycles. The Hall–Kier alpha value is -4.18. The first-order valence-corrected chi connectivity index (χ1v) is 14.1. The molecule has 0 unspecified atom stereocenters. The van der Waals surface area contributed by atoms with Gasteiger partial charge in [0.2, 0.25) is 11.8 Å². The Labute approximate surface area is 237 Å². The molecule has 2 aliphatic rings. The van der Waals surface area contributed by atoms with Crippen molar-refractivity contribution in [2.45, 2.75) is 51.4 Å². The van der Waals surface area contributed by atoms with Crippen LogP contribution in [-0.4, -0.2) is 47.1 Å². The Morgan fingerprint density at radius 2 is 1.82 bits per heavy atom. The zero-order valence-corrected chi connectivity index (χ0v) is 23.3. The van der Waals surface area contributed by atoms with E-state index in [0.29, 0.717) is 29.8 Å². The number of hydrogen-bond acceptors (Lipinski definition) is 6. The van der Waals surface area contributed by atoms with E-state index in [0.717, 1.165) is 16.9 Å². The van der Waals surface area contributed by atoms with Crippen LogP contribution in [-0.2, 0) is 16.1 Å². The van der Waals surface area contributed by atoms with E-state index in [1.165, 1.54) is 11.3 Å². The van der Waals surface area contributed by atoms with E-state index in [1.807, 2.05) is 37.3 Å². The van der Waals surface area contributed by atoms with Gasteiger partial charge in [0.25, 0.3) is 5.91 Å². The number of nitrogen functional groups attached to an aromatic ring is 1. The number of carbonyl (C=O) groups is 3. The number of fused-ring (bicyclic) bond motifs is 1. The van der Waals surface area contributed by atoms with Crippen molar-refractivity contribution < 1.29 is 19.1 Å². The number of ether oxygens (including phenoxy) is 1. The molecule has 2 aromatic carbocycles. The van der Waals surface area contributed by atoms with E-state index in [4.69, 9.17) is 15.9 Å². The van der Waals surface area contributed by atoms with E-state index in [2.05, 4.69) is 17.6 Å². The molecule has 9 nitrogen and oxygen atoms in total. The number of amides is 3. The molecule has 1 saturated carbocycles. The topological polar surface area (TPSA) is 138 Å². The highest BCUT2D eigenvalue weighted by molar-refractivity contribution is 7.10. The second-order valence-corrected chi connectivity index (χ2v) is 11.7. The summed E-state index contributed by atoms with van der Waals surface area (Å²) in [6, 6.07) is 17.9. The fraction of sp³-hybridized carbons (Fsp3) is 0.333. The third kappa shape index (κ3) is 5.86. The summed E-state index contributed by atoms with van der Waals surface area (Å²) in [5, 5.41) is 14.9. The van der Waals surface area contributed by atoms with Gasteiger partial charge >= 0.3 is 0 Å². The normalized spacial score (nSPS) is 21.7. The Morgan fingerprint density at radius 3 is 2.50 bits per heavy atom. The number of nitrogens with zero attached hydrogens (tertiary/aromatic N) is 1. The van der Waals surface area contributed by atoms with E-state index >= 15 is 0 Å². The summed E-state index contributed by atoms with van der Waals surface area (Å²) in [6.07, 6.45) is 1.31. The number of benzene rings is 2. The van der Waals surface area contributed by atoms with Crippen LogP contribution in [0.4, 0.5) is 0 Å². The monoisotopic (exact) mass is 559 g/mol. The molecule has 5 N–H and O–H groups in total. The van der Waals surface area contributed by atoms with Crippen molar-refractivity contribution in [2.75, 3.05) is 6.54 Å². The first-order valence-electron chi connectivity index (χ1n) is 13.2. The van der Waals surface area contributed by atoms with Crippen molar-refractivity contribution in [2.24, 2.45) is 11.1 Å². The standard InChI is InChI=1S/C30H33N5O4S/c1-18(19-6-4-3-5-7-19)39-22-10-8-20(9-11-22)28(37)34-16-26(36)35-24(13-30(2)14-25(30)35)29(38)33-15-23-12-21(17-40-23)27(31)32/h3-12,17-18,24-25H,13-16H2,1-2H3,(H3,31,32)(H,33,38)(H,34,37)/t18-,24+,25+,30-/m1/s1. The fourth-order valence-corrected chi connectivity index (χ4v) is 6.12. The van der Waals surface area contributed by atoms with Gasteiger partial charge < -0.3 is 26.0 Å². The number of likely N-dealkylation sites (tertiary alicyclic amines) is 1. The summed E-state index contributed by atoms with van der Waals surface area (Å²) in [6.45, 7) is 4.16. The Kier molecular flexibility index (Phi) is 7.62. The number of nitrogens with two attached hydrogens (primary N) is 1. The highest BCUT2D eigenvalue weighted by Crippen LogP contribution is 2.59. The van der Waals surface area contributed by atoms with Gasteiger partial charge in [0.05, 0.1) is 13.1 Å². The second-order valence-electron chi connectivity index (χ2n) is 10.7.